The molecule has 0 radical (unpaired) electrons. The third-order valence-corrected chi connectivity index (χ3v) is 11.6. The van der Waals surface area contributed by atoms with Gasteiger partial charge in [-0.15, -0.1) is 0 Å². The molecule has 5 fully saturated rings. The maximum absolute atomic E-state index is 12.3. The van der Waals surface area contributed by atoms with Crippen LogP contribution in [-0.4, -0.2) is 67.2 Å². The van der Waals surface area contributed by atoms with Gasteiger partial charge in [0, 0.05) is 24.5 Å². The number of nitrogens with one attached hydrogen (secondary N) is 2. The second kappa shape index (κ2) is 13.5. The van der Waals surface area contributed by atoms with Crippen LogP contribution in [0.2, 0.25) is 0 Å². The van der Waals surface area contributed by atoms with Gasteiger partial charge in [0.05, 0.1) is 24.8 Å². The van der Waals surface area contributed by atoms with E-state index in [1.165, 1.54) is 56.1 Å². The van der Waals surface area contributed by atoms with Crippen LogP contribution in [0.15, 0.2) is 24.3 Å². The number of likely N-dealkylation sites (tertiary alicyclic amines) is 1. The van der Waals surface area contributed by atoms with E-state index in [9.17, 15) is 9.59 Å². The summed E-state index contributed by atoms with van der Waals surface area (Å²) in [7, 11) is 0. The summed E-state index contributed by atoms with van der Waals surface area (Å²) >= 11 is 0. The van der Waals surface area contributed by atoms with E-state index in [-0.39, 0.29) is 23.6 Å². The van der Waals surface area contributed by atoms with Gasteiger partial charge in [0.15, 0.2) is 0 Å². The zero-order chi connectivity index (χ0) is 29.2. The lowest BCUT2D eigenvalue weighted by Gasteiger charge is -2.55. The van der Waals surface area contributed by atoms with E-state index in [4.69, 9.17) is 9.47 Å². The van der Waals surface area contributed by atoms with Gasteiger partial charge in [-0.1, -0.05) is 29.8 Å². The minimum Gasteiger partial charge on any atom is -0.464 e. The van der Waals surface area contributed by atoms with Gasteiger partial charge >= 0.3 is 5.97 Å². The molecule has 0 amide bonds. The summed E-state index contributed by atoms with van der Waals surface area (Å²) in [5.41, 5.74) is 2.59. The molecule has 42 heavy (non-hydrogen) atoms. The molecular weight excluding hydrogens is 526 g/mol. The second-order valence-electron chi connectivity index (χ2n) is 14.3. The highest BCUT2D eigenvalue weighted by atomic mass is 16.5. The number of benzene rings is 1. The molecule has 0 bridgehead atoms. The highest BCUT2D eigenvalue weighted by molar-refractivity contribution is 5.83. The van der Waals surface area contributed by atoms with Crippen molar-refractivity contribution in [3.8, 4) is 0 Å². The largest absolute Gasteiger partial charge is 0.464 e. The van der Waals surface area contributed by atoms with Crippen LogP contribution in [0.5, 0.6) is 0 Å². The normalized spacial score (nSPS) is 37.3. The molecule has 2 heterocycles. The Morgan fingerprint density at radius 3 is 2.31 bits per heavy atom. The van der Waals surface area contributed by atoms with Crippen LogP contribution < -0.4 is 10.6 Å². The molecule has 7 unspecified atom stereocenters. The lowest BCUT2D eigenvalue weighted by atomic mass is 9.60. The summed E-state index contributed by atoms with van der Waals surface area (Å²) < 4.78 is 12.0. The monoisotopic (exact) mass is 579 g/mol. The molecule has 7 atom stereocenters. The first-order valence-electron chi connectivity index (χ1n) is 16.9. The van der Waals surface area contributed by atoms with Crippen LogP contribution >= 0.6 is 0 Å². The Morgan fingerprint density at radius 1 is 0.857 bits per heavy atom. The van der Waals surface area contributed by atoms with Crippen molar-refractivity contribution in [1.82, 2.24) is 15.5 Å². The Balaban J connectivity index is 0.944. The van der Waals surface area contributed by atoms with E-state index in [0.29, 0.717) is 55.6 Å². The van der Waals surface area contributed by atoms with Crippen molar-refractivity contribution in [2.75, 3.05) is 26.2 Å². The van der Waals surface area contributed by atoms with Gasteiger partial charge in [-0.2, -0.15) is 0 Å². The number of esters is 1. The number of Topliss-reactive ketones (excluding diaryl/α,β-unsaturated/α-hetero) is 1. The first-order valence-corrected chi connectivity index (χ1v) is 16.9. The fourth-order valence-electron chi connectivity index (χ4n) is 8.96. The summed E-state index contributed by atoms with van der Waals surface area (Å²) in [5, 5.41) is 8.00. The summed E-state index contributed by atoms with van der Waals surface area (Å²) in [5.74, 6) is 3.07. The number of ketones is 1. The highest BCUT2D eigenvalue weighted by Crippen LogP contribution is 2.47. The van der Waals surface area contributed by atoms with Crippen LogP contribution in [0.4, 0.5) is 0 Å². The number of ether oxygens (including phenoxy) is 2. The standard InChI is InChI=1S/C35H53N3O4/c1-22-4-6-25(7-5-22)21-42-30-9-11-31-27(20-30)8-10-32-33(36-24(3)37-34(31)32)26-12-14-38(15-13-26)16-17-41-35(40)29-18-28(19-29)23(2)39/h4-7,24,26-34,36-37H,8-21H2,1-3H3. The van der Waals surface area contributed by atoms with Crippen molar-refractivity contribution < 1.29 is 19.1 Å². The summed E-state index contributed by atoms with van der Waals surface area (Å²) in [4.78, 5) is 26.2. The Bertz CT molecular complexity index is 1060. The molecule has 1 aromatic carbocycles. The summed E-state index contributed by atoms with van der Waals surface area (Å²) in [6.45, 7) is 10.3. The van der Waals surface area contributed by atoms with Gasteiger partial charge < -0.3 is 9.47 Å². The second-order valence-corrected chi connectivity index (χ2v) is 14.3. The maximum Gasteiger partial charge on any atom is 0.309 e. The first kappa shape index (κ1) is 30.2. The molecular formula is C35H53N3O4. The predicted molar refractivity (Wildman–Crippen MR) is 164 cm³/mol. The van der Waals surface area contributed by atoms with E-state index in [2.05, 4.69) is 53.6 Å². The predicted octanol–water partition coefficient (Wildman–Crippen LogP) is 4.85. The number of carbonyl (C=O) groups excluding carboxylic acids is 2. The van der Waals surface area contributed by atoms with Crippen molar-refractivity contribution in [3.63, 3.8) is 0 Å². The third kappa shape index (κ3) is 6.95. The van der Waals surface area contributed by atoms with Crippen molar-refractivity contribution in [2.24, 2.45) is 35.5 Å². The molecule has 0 aromatic heterocycles. The fourth-order valence-corrected chi connectivity index (χ4v) is 8.96. The van der Waals surface area contributed by atoms with Crippen LogP contribution in [0, 0.1) is 42.4 Å². The van der Waals surface area contributed by atoms with Gasteiger partial charge in [0.25, 0.3) is 0 Å². The van der Waals surface area contributed by atoms with Crippen molar-refractivity contribution in [2.45, 2.75) is 110 Å². The molecule has 3 saturated carbocycles. The smallest absolute Gasteiger partial charge is 0.309 e. The van der Waals surface area contributed by atoms with Gasteiger partial charge in [0.2, 0.25) is 0 Å². The molecule has 7 heteroatoms. The lowest BCUT2D eigenvalue weighted by molar-refractivity contribution is -0.154. The number of nitrogens with zero attached hydrogens (tertiary/aromatic N) is 1. The van der Waals surface area contributed by atoms with E-state index in [1.807, 2.05) is 0 Å². The SMILES string of the molecule is CC(=O)C1CC(C(=O)OCCN2CCC(C3NC(C)NC4C5CCC(OCc6ccc(C)cc6)CC5CCC34)CC2)C1. The third-order valence-electron chi connectivity index (χ3n) is 11.6. The summed E-state index contributed by atoms with van der Waals surface area (Å²) in [6, 6.07) is 9.98. The van der Waals surface area contributed by atoms with Crippen molar-refractivity contribution in [1.29, 1.82) is 0 Å². The number of rotatable bonds is 9. The van der Waals surface area contributed by atoms with Crippen LogP contribution in [0.25, 0.3) is 0 Å². The minimum atomic E-state index is -0.108. The molecule has 5 aliphatic rings. The number of fused-ring (bicyclic) bond motifs is 3. The van der Waals surface area contributed by atoms with Crippen LogP contribution in [0.3, 0.4) is 0 Å². The Labute approximate surface area is 252 Å². The van der Waals surface area contributed by atoms with E-state index < -0.39 is 0 Å². The number of hydrogen-bond acceptors (Lipinski definition) is 7. The molecule has 6 rings (SSSR count). The molecule has 2 aliphatic heterocycles. The minimum absolute atomic E-state index is 0.0677. The van der Waals surface area contributed by atoms with Crippen LogP contribution in [0.1, 0.15) is 82.8 Å². The van der Waals surface area contributed by atoms with E-state index >= 15 is 0 Å². The van der Waals surface area contributed by atoms with Crippen molar-refractivity contribution in [3.05, 3.63) is 35.4 Å². The Hall–Kier alpha value is -1.80. The molecule has 1 aromatic rings. The van der Waals surface area contributed by atoms with Crippen LogP contribution in [-0.2, 0) is 25.7 Å². The van der Waals surface area contributed by atoms with Gasteiger partial charge in [-0.05, 0) is 121 Å². The highest BCUT2D eigenvalue weighted by Gasteiger charge is 2.49. The maximum atomic E-state index is 12.3. The molecule has 2 saturated heterocycles. The fraction of sp³-hybridized carbons (Fsp3) is 0.771. The summed E-state index contributed by atoms with van der Waals surface area (Å²) in [6.07, 6.45) is 10.9. The zero-order valence-electron chi connectivity index (χ0n) is 26.1. The molecule has 2 N–H and O–H groups in total. The van der Waals surface area contributed by atoms with Crippen molar-refractivity contribution >= 4 is 11.8 Å². The van der Waals surface area contributed by atoms with Gasteiger partial charge in [-0.25, -0.2) is 0 Å². The Morgan fingerprint density at radius 2 is 1.57 bits per heavy atom. The molecule has 232 valence electrons. The lowest BCUT2D eigenvalue weighted by Crippen LogP contribution is -2.68. The first-order chi connectivity index (χ1) is 20.3. The van der Waals surface area contributed by atoms with Gasteiger partial charge in [0.1, 0.15) is 12.4 Å². The number of aryl methyl sites for hydroxylation is 1. The number of piperidine rings is 1. The quantitative estimate of drug-likeness (QED) is 0.405. The number of carbonyl (C=O) groups is 2. The average Bonchev–Trinajstić information content (AvgIpc) is 2.95. The zero-order valence-corrected chi connectivity index (χ0v) is 26.1. The number of hydrogen-bond donors (Lipinski definition) is 2. The molecule has 7 nitrogen and oxygen atoms in total. The average molecular weight is 580 g/mol. The van der Waals surface area contributed by atoms with Gasteiger partial charge in [-0.3, -0.25) is 25.1 Å². The van der Waals surface area contributed by atoms with E-state index in [1.54, 1.807) is 6.92 Å². The topological polar surface area (TPSA) is 79.9 Å². The Kier molecular flexibility index (Phi) is 9.69. The molecule has 3 aliphatic carbocycles. The molecule has 0 spiro atoms. The van der Waals surface area contributed by atoms with E-state index in [0.717, 1.165) is 38.1 Å².